The fourth-order valence-electron chi connectivity index (χ4n) is 1.60. The summed E-state index contributed by atoms with van der Waals surface area (Å²) >= 11 is 0. The van der Waals surface area contributed by atoms with Crippen molar-refractivity contribution in [2.24, 2.45) is 0 Å². The van der Waals surface area contributed by atoms with E-state index in [4.69, 9.17) is 10.3 Å². The van der Waals surface area contributed by atoms with Crippen LogP contribution in [0.25, 0.3) is 5.95 Å². The zero-order chi connectivity index (χ0) is 14.7. The molecule has 0 amide bonds. The van der Waals surface area contributed by atoms with Gasteiger partial charge in [0.15, 0.2) is 5.82 Å². The quantitative estimate of drug-likeness (QED) is 0.622. The summed E-state index contributed by atoms with van der Waals surface area (Å²) < 4.78 is 6.40. The van der Waals surface area contributed by atoms with Gasteiger partial charge in [0.05, 0.1) is 0 Å². The first-order chi connectivity index (χ1) is 10.2. The van der Waals surface area contributed by atoms with Crippen LogP contribution >= 0.6 is 0 Å². The lowest BCUT2D eigenvalue weighted by atomic mass is 10.4. The van der Waals surface area contributed by atoms with Crippen LogP contribution in [0.5, 0.6) is 0 Å². The van der Waals surface area contributed by atoms with E-state index >= 15 is 0 Å². The molecule has 0 atom stereocenters. The van der Waals surface area contributed by atoms with Gasteiger partial charge in [0.25, 0.3) is 5.95 Å². The van der Waals surface area contributed by atoms with Crippen LogP contribution in [0.1, 0.15) is 11.7 Å². The molecule has 0 aliphatic heterocycles. The molecular formula is C10H12N10O. The Bertz CT molecular complexity index is 721. The molecule has 3 heterocycles. The number of nitrogen functional groups attached to an aromatic ring is 1. The molecule has 11 nitrogen and oxygen atoms in total. The third-order valence-corrected chi connectivity index (χ3v) is 2.46. The molecule has 3 N–H and O–H groups in total. The van der Waals surface area contributed by atoms with Crippen molar-refractivity contribution >= 4 is 11.9 Å². The first kappa shape index (κ1) is 12.9. The van der Waals surface area contributed by atoms with Crippen molar-refractivity contribution in [3.8, 4) is 5.95 Å². The summed E-state index contributed by atoms with van der Waals surface area (Å²) in [5.41, 5.74) is 5.65. The van der Waals surface area contributed by atoms with Crippen LogP contribution in [-0.4, -0.2) is 46.4 Å². The van der Waals surface area contributed by atoms with E-state index in [1.165, 1.54) is 17.3 Å². The molecule has 11 heteroatoms. The highest BCUT2D eigenvalue weighted by atomic mass is 16.5. The van der Waals surface area contributed by atoms with Gasteiger partial charge < -0.3 is 15.6 Å². The topological polar surface area (TPSA) is 146 Å². The van der Waals surface area contributed by atoms with Crippen molar-refractivity contribution in [1.82, 2.24) is 39.9 Å². The molecule has 0 bridgehead atoms. The second-order valence-corrected chi connectivity index (χ2v) is 4.07. The Labute approximate surface area is 118 Å². The van der Waals surface area contributed by atoms with Gasteiger partial charge in [0.1, 0.15) is 12.7 Å². The van der Waals surface area contributed by atoms with Gasteiger partial charge in [-0.15, -0.1) is 0 Å². The maximum atomic E-state index is 5.65. The van der Waals surface area contributed by atoms with Crippen molar-refractivity contribution in [3.63, 3.8) is 0 Å². The van der Waals surface area contributed by atoms with Gasteiger partial charge in [-0.2, -0.15) is 29.7 Å². The van der Waals surface area contributed by atoms with E-state index in [1.54, 1.807) is 6.92 Å². The van der Waals surface area contributed by atoms with E-state index in [9.17, 15) is 0 Å². The minimum atomic E-state index is 0.0895. The average molecular weight is 288 g/mol. The molecule has 0 fully saturated rings. The normalized spacial score (nSPS) is 10.7. The fraction of sp³-hybridized carbons (Fsp3) is 0.300. The lowest BCUT2D eigenvalue weighted by Crippen LogP contribution is -2.13. The SMILES string of the molecule is Cc1noc(CCNc2nc(N)nc(-n3cncn3)n2)n1. The monoisotopic (exact) mass is 288 g/mol. The van der Waals surface area contributed by atoms with Gasteiger partial charge in [-0.1, -0.05) is 5.16 Å². The van der Waals surface area contributed by atoms with Gasteiger partial charge in [0.2, 0.25) is 17.8 Å². The summed E-state index contributed by atoms with van der Waals surface area (Å²) in [7, 11) is 0. The number of nitrogens with zero attached hydrogens (tertiary/aromatic N) is 8. The average Bonchev–Trinajstić information content (AvgIpc) is 3.10. The summed E-state index contributed by atoms with van der Waals surface area (Å²) in [4.78, 5) is 20.1. The predicted molar refractivity (Wildman–Crippen MR) is 70.4 cm³/mol. The molecule has 0 saturated carbocycles. The molecule has 0 spiro atoms. The molecule has 0 aliphatic rings. The lowest BCUT2D eigenvalue weighted by Gasteiger charge is -2.05. The van der Waals surface area contributed by atoms with Crippen LogP contribution in [0.15, 0.2) is 17.2 Å². The second-order valence-electron chi connectivity index (χ2n) is 4.07. The molecular weight excluding hydrogens is 276 g/mol. The Hall–Kier alpha value is -3.11. The van der Waals surface area contributed by atoms with E-state index in [0.29, 0.717) is 30.6 Å². The number of nitrogens with one attached hydrogen (secondary N) is 1. The largest absolute Gasteiger partial charge is 0.368 e. The number of aromatic nitrogens is 8. The molecule has 0 saturated heterocycles. The van der Waals surface area contributed by atoms with Gasteiger partial charge in [-0.3, -0.25) is 0 Å². The molecule has 21 heavy (non-hydrogen) atoms. The first-order valence-corrected chi connectivity index (χ1v) is 6.10. The molecule has 0 radical (unpaired) electrons. The molecule has 108 valence electrons. The predicted octanol–water partition coefficient (Wildman–Crippen LogP) is -0.619. The summed E-state index contributed by atoms with van der Waals surface area (Å²) in [6, 6.07) is 0. The zero-order valence-corrected chi connectivity index (χ0v) is 11.1. The third-order valence-electron chi connectivity index (χ3n) is 2.46. The maximum Gasteiger partial charge on any atom is 0.258 e. The Morgan fingerprint density at radius 1 is 1.29 bits per heavy atom. The van der Waals surface area contributed by atoms with E-state index in [-0.39, 0.29) is 11.9 Å². The summed E-state index contributed by atoms with van der Waals surface area (Å²) in [5, 5.41) is 10.7. The van der Waals surface area contributed by atoms with Crippen LogP contribution in [0, 0.1) is 6.92 Å². The van der Waals surface area contributed by atoms with Crippen LogP contribution in [0.2, 0.25) is 0 Å². The van der Waals surface area contributed by atoms with Crippen molar-refractivity contribution in [1.29, 1.82) is 0 Å². The number of aryl methyl sites for hydroxylation is 1. The third kappa shape index (κ3) is 3.08. The smallest absolute Gasteiger partial charge is 0.258 e. The summed E-state index contributed by atoms with van der Waals surface area (Å²) in [5.74, 6) is 1.86. The van der Waals surface area contributed by atoms with Crippen molar-refractivity contribution in [2.75, 3.05) is 17.6 Å². The van der Waals surface area contributed by atoms with Crippen LogP contribution in [0.3, 0.4) is 0 Å². The standard InChI is InChI=1S/C10H12N10O/c1-6-15-7(21-19-6)2-3-13-9-16-8(11)17-10(18-9)20-5-12-4-14-20/h4-5H,2-3H2,1H3,(H3,11,13,16,17,18). The first-order valence-electron chi connectivity index (χ1n) is 6.10. The van der Waals surface area contributed by atoms with Crippen molar-refractivity contribution < 1.29 is 4.52 Å². The highest BCUT2D eigenvalue weighted by Gasteiger charge is 2.07. The van der Waals surface area contributed by atoms with Gasteiger partial charge >= 0.3 is 0 Å². The molecule has 3 aromatic rings. The second kappa shape index (κ2) is 5.48. The van der Waals surface area contributed by atoms with Crippen LogP contribution in [-0.2, 0) is 6.42 Å². The Balaban J connectivity index is 1.68. The van der Waals surface area contributed by atoms with E-state index in [2.05, 4.69) is 40.5 Å². The van der Waals surface area contributed by atoms with E-state index < -0.39 is 0 Å². The zero-order valence-electron chi connectivity index (χ0n) is 11.1. The van der Waals surface area contributed by atoms with Crippen LogP contribution in [0.4, 0.5) is 11.9 Å². The fourth-order valence-corrected chi connectivity index (χ4v) is 1.60. The number of hydrogen-bond acceptors (Lipinski definition) is 10. The highest BCUT2D eigenvalue weighted by Crippen LogP contribution is 2.06. The van der Waals surface area contributed by atoms with Crippen LogP contribution < -0.4 is 11.1 Å². The van der Waals surface area contributed by atoms with Gasteiger partial charge in [-0.25, -0.2) is 4.98 Å². The Morgan fingerprint density at radius 2 is 2.19 bits per heavy atom. The lowest BCUT2D eigenvalue weighted by molar-refractivity contribution is 0.377. The van der Waals surface area contributed by atoms with Gasteiger partial charge in [0, 0.05) is 13.0 Å². The number of anilines is 2. The summed E-state index contributed by atoms with van der Waals surface area (Å²) in [6.07, 6.45) is 3.40. The number of hydrogen-bond donors (Lipinski definition) is 2. The number of rotatable bonds is 5. The molecule has 3 rings (SSSR count). The molecule has 3 aromatic heterocycles. The Kier molecular flexibility index (Phi) is 3.37. The van der Waals surface area contributed by atoms with Crippen molar-refractivity contribution in [2.45, 2.75) is 13.3 Å². The Morgan fingerprint density at radius 3 is 2.90 bits per heavy atom. The minimum Gasteiger partial charge on any atom is -0.368 e. The molecule has 0 aromatic carbocycles. The van der Waals surface area contributed by atoms with Crippen molar-refractivity contribution in [3.05, 3.63) is 24.4 Å². The van der Waals surface area contributed by atoms with Gasteiger partial charge in [-0.05, 0) is 6.92 Å². The minimum absolute atomic E-state index is 0.0895. The molecule has 0 unspecified atom stereocenters. The van der Waals surface area contributed by atoms with E-state index in [1.807, 2.05) is 0 Å². The highest BCUT2D eigenvalue weighted by molar-refractivity contribution is 5.34. The van der Waals surface area contributed by atoms with E-state index in [0.717, 1.165) is 0 Å². The molecule has 0 aliphatic carbocycles. The summed E-state index contributed by atoms with van der Waals surface area (Å²) in [6.45, 7) is 2.28. The maximum absolute atomic E-state index is 5.65. The number of nitrogens with two attached hydrogens (primary N) is 1.